The molecule has 0 aromatic heterocycles. The summed E-state index contributed by atoms with van der Waals surface area (Å²) in [4.78, 5) is 2.18. The van der Waals surface area contributed by atoms with Crippen LogP contribution in [0.5, 0.6) is 0 Å². The van der Waals surface area contributed by atoms with Crippen LogP contribution < -0.4 is 10.6 Å². The van der Waals surface area contributed by atoms with Crippen molar-refractivity contribution in [2.24, 2.45) is 0 Å². The lowest BCUT2D eigenvalue weighted by molar-refractivity contribution is 0.740. The lowest BCUT2D eigenvalue weighted by Crippen LogP contribution is -2.21. The minimum atomic E-state index is 0.210. The van der Waals surface area contributed by atoms with Crippen LogP contribution in [-0.2, 0) is 0 Å². The molecule has 1 atom stereocenters. The number of hydrogen-bond donors (Lipinski definition) is 1. The third kappa shape index (κ3) is 2.59. The van der Waals surface area contributed by atoms with Crippen molar-refractivity contribution >= 4 is 23.0 Å². The summed E-state index contributed by atoms with van der Waals surface area (Å²) < 4.78 is 0. The summed E-state index contributed by atoms with van der Waals surface area (Å²) in [5, 5.41) is 0.798. The fourth-order valence-corrected chi connectivity index (χ4v) is 2.25. The summed E-state index contributed by atoms with van der Waals surface area (Å²) in [5.41, 5.74) is 8.72. The van der Waals surface area contributed by atoms with Crippen LogP contribution in [0.15, 0.2) is 48.5 Å². The van der Waals surface area contributed by atoms with Gasteiger partial charge in [-0.2, -0.15) is 0 Å². The summed E-state index contributed by atoms with van der Waals surface area (Å²) in [7, 11) is 2.06. The molecule has 2 nitrogen and oxygen atoms in total. The van der Waals surface area contributed by atoms with Gasteiger partial charge in [0.15, 0.2) is 0 Å². The minimum Gasteiger partial charge on any atom is -0.399 e. The normalized spacial score (nSPS) is 12.2. The molecule has 0 heterocycles. The lowest BCUT2D eigenvalue weighted by atomic mass is 10.1. The molecule has 0 aliphatic rings. The van der Waals surface area contributed by atoms with E-state index in [0.717, 1.165) is 22.0 Å². The van der Waals surface area contributed by atoms with Crippen molar-refractivity contribution in [2.75, 3.05) is 17.7 Å². The molecule has 18 heavy (non-hydrogen) atoms. The number of nitrogen functional groups attached to an aromatic ring is 1. The second-order valence-electron chi connectivity index (χ2n) is 4.40. The Labute approximate surface area is 113 Å². The Morgan fingerprint density at radius 3 is 2.28 bits per heavy atom. The largest absolute Gasteiger partial charge is 0.399 e. The SMILES string of the molecule is CC(c1ccccc1Cl)N(C)c1ccc(N)cc1. The predicted molar refractivity (Wildman–Crippen MR) is 79.1 cm³/mol. The number of nitrogens with two attached hydrogens (primary N) is 1. The van der Waals surface area contributed by atoms with E-state index in [-0.39, 0.29) is 6.04 Å². The highest BCUT2D eigenvalue weighted by Gasteiger charge is 2.14. The number of rotatable bonds is 3. The van der Waals surface area contributed by atoms with E-state index in [4.69, 9.17) is 17.3 Å². The summed E-state index contributed by atoms with van der Waals surface area (Å²) in [6.45, 7) is 2.14. The quantitative estimate of drug-likeness (QED) is 0.841. The van der Waals surface area contributed by atoms with E-state index >= 15 is 0 Å². The van der Waals surface area contributed by atoms with Gasteiger partial charge in [-0.3, -0.25) is 0 Å². The van der Waals surface area contributed by atoms with Gasteiger partial charge in [0, 0.05) is 23.4 Å². The van der Waals surface area contributed by atoms with E-state index in [1.165, 1.54) is 0 Å². The Kier molecular flexibility index (Phi) is 3.78. The average Bonchev–Trinajstić information content (AvgIpc) is 2.38. The maximum atomic E-state index is 6.23. The fourth-order valence-electron chi connectivity index (χ4n) is 1.96. The van der Waals surface area contributed by atoms with Gasteiger partial charge >= 0.3 is 0 Å². The molecule has 0 radical (unpaired) electrons. The van der Waals surface area contributed by atoms with Crippen LogP contribution in [0.1, 0.15) is 18.5 Å². The van der Waals surface area contributed by atoms with Crippen LogP contribution in [0.4, 0.5) is 11.4 Å². The van der Waals surface area contributed by atoms with Gasteiger partial charge in [0.25, 0.3) is 0 Å². The fraction of sp³-hybridized carbons (Fsp3) is 0.200. The highest BCUT2D eigenvalue weighted by atomic mass is 35.5. The smallest absolute Gasteiger partial charge is 0.0525 e. The molecule has 2 aromatic carbocycles. The second-order valence-corrected chi connectivity index (χ2v) is 4.81. The Morgan fingerprint density at radius 1 is 1.06 bits per heavy atom. The molecule has 0 bridgehead atoms. The summed E-state index contributed by atoms with van der Waals surface area (Å²) in [6, 6.07) is 16.0. The zero-order valence-corrected chi connectivity index (χ0v) is 11.4. The molecular weight excluding hydrogens is 244 g/mol. The lowest BCUT2D eigenvalue weighted by Gasteiger charge is -2.28. The average molecular weight is 261 g/mol. The van der Waals surface area contributed by atoms with Crippen LogP contribution in [0.3, 0.4) is 0 Å². The van der Waals surface area contributed by atoms with Crippen molar-refractivity contribution in [1.82, 2.24) is 0 Å². The molecule has 0 spiro atoms. The van der Waals surface area contributed by atoms with Gasteiger partial charge in [-0.25, -0.2) is 0 Å². The molecule has 3 heteroatoms. The first kappa shape index (κ1) is 12.8. The first-order chi connectivity index (χ1) is 8.59. The molecule has 1 unspecified atom stereocenters. The van der Waals surface area contributed by atoms with Gasteiger partial charge in [-0.05, 0) is 42.8 Å². The summed E-state index contributed by atoms with van der Waals surface area (Å²) >= 11 is 6.23. The van der Waals surface area contributed by atoms with Gasteiger partial charge in [-0.15, -0.1) is 0 Å². The van der Waals surface area contributed by atoms with Gasteiger partial charge < -0.3 is 10.6 Å². The Hall–Kier alpha value is -1.67. The highest BCUT2D eigenvalue weighted by Crippen LogP contribution is 2.29. The van der Waals surface area contributed by atoms with Crippen molar-refractivity contribution in [2.45, 2.75) is 13.0 Å². The first-order valence-electron chi connectivity index (χ1n) is 5.92. The molecule has 0 saturated heterocycles. The van der Waals surface area contributed by atoms with Crippen LogP contribution in [0.2, 0.25) is 5.02 Å². The van der Waals surface area contributed by atoms with E-state index in [0.29, 0.717) is 0 Å². The van der Waals surface area contributed by atoms with Crippen LogP contribution in [-0.4, -0.2) is 7.05 Å². The standard InChI is InChI=1S/C15H17ClN2/c1-11(14-5-3-4-6-15(14)16)18(2)13-9-7-12(17)8-10-13/h3-11H,17H2,1-2H3. The number of benzene rings is 2. The van der Waals surface area contributed by atoms with Crippen LogP contribution in [0.25, 0.3) is 0 Å². The molecule has 0 aliphatic heterocycles. The second kappa shape index (κ2) is 5.32. The zero-order chi connectivity index (χ0) is 13.1. The third-order valence-electron chi connectivity index (χ3n) is 3.24. The molecule has 0 saturated carbocycles. The van der Waals surface area contributed by atoms with Crippen LogP contribution in [0, 0.1) is 0 Å². The number of hydrogen-bond acceptors (Lipinski definition) is 2. The van der Waals surface area contributed by atoms with E-state index in [1.807, 2.05) is 42.5 Å². The maximum absolute atomic E-state index is 6.23. The number of halogens is 1. The van der Waals surface area contributed by atoms with E-state index in [9.17, 15) is 0 Å². The monoisotopic (exact) mass is 260 g/mol. The number of nitrogens with zero attached hydrogens (tertiary/aromatic N) is 1. The first-order valence-corrected chi connectivity index (χ1v) is 6.30. The molecule has 94 valence electrons. The Morgan fingerprint density at radius 2 is 1.67 bits per heavy atom. The predicted octanol–water partition coefficient (Wildman–Crippen LogP) is 4.12. The van der Waals surface area contributed by atoms with Gasteiger partial charge in [-0.1, -0.05) is 29.8 Å². The summed E-state index contributed by atoms with van der Waals surface area (Å²) in [5.74, 6) is 0. The highest BCUT2D eigenvalue weighted by molar-refractivity contribution is 6.31. The molecule has 0 aliphatic carbocycles. The molecule has 2 aromatic rings. The topological polar surface area (TPSA) is 29.3 Å². The van der Waals surface area contributed by atoms with Gasteiger partial charge in [0.2, 0.25) is 0 Å². The van der Waals surface area contributed by atoms with Gasteiger partial charge in [0.1, 0.15) is 0 Å². The van der Waals surface area contributed by atoms with Crippen molar-refractivity contribution in [1.29, 1.82) is 0 Å². The van der Waals surface area contributed by atoms with Crippen molar-refractivity contribution < 1.29 is 0 Å². The van der Waals surface area contributed by atoms with Crippen molar-refractivity contribution in [3.63, 3.8) is 0 Å². The van der Waals surface area contributed by atoms with E-state index in [1.54, 1.807) is 0 Å². The van der Waals surface area contributed by atoms with E-state index in [2.05, 4.69) is 24.9 Å². The summed E-state index contributed by atoms with van der Waals surface area (Å²) in [6.07, 6.45) is 0. The van der Waals surface area contributed by atoms with Crippen LogP contribution >= 0.6 is 11.6 Å². The van der Waals surface area contributed by atoms with Crippen molar-refractivity contribution in [3.8, 4) is 0 Å². The minimum absolute atomic E-state index is 0.210. The zero-order valence-electron chi connectivity index (χ0n) is 10.6. The molecule has 0 fully saturated rings. The van der Waals surface area contributed by atoms with E-state index < -0.39 is 0 Å². The Balaban J connectivity index is 2.26. The molecule has 2 rings (SSSR count). The number of anilines is 2. The Bertz CT molecular complexity index is 522. The maximum Gasteiger partial charge on any atom is 0.0525 e. The molecule has 0 amide bonds. The molecular formula is C15H17ClN2. The third-order valence-corrected chi connectivity index (χ3v) is 3.58. The van der Waals surface area contributed by atoms with Crippen molar-refractivity contribution in [3.05, 3.63) is 59.1 Å². The van der Waals surface area contributed by atoms with Gasteiger partial charge in [0.05, 0.1) is 6.04 Å². The molecule has 2 N–H and O–H groups in total.